The van der Waals surface area contributed by atoms with Gasteiger partial charge in [0.2, 0.25) is 0 Å². The molecular formula is C46H30N2O. The van der Waals surface area contributed by atoms with Gasteiger partial charge in [-0.05, 0) is 94.7 Å². The lowest BCUT2D eigenvalue weighted by atomic mass is 10.0. The lowest BCUT2D eigenvalue weighted by Gasteiger charge is -2.27. The summed E-state index contributed by atoms with van der Waals surface area (Å²) < 4.78 is 8.93. The highest BCUT2D eigenvalue weighted by molar-refractivity contribution is 6.17. The van der Waals surface area contributed by atoms with Crippen LogP contribution in [0.25, 0.3) is 71.3 Å². The van der Waals surface area contributed by atoms with Gasteiger partial charge in [0, 0.05) is 33.2 Å². The number of aromatic nitrogens is 1. The third kappa shape index (κ3) is 4.44. The van der Waals surface area contributed by atoms with Gasteiger partial charge in [0.05, 0.1) is 22.1 Å². The van der Waals surface area contributed by atoms with Gasteiger partial charge in [0.25, 0.3) is 0 Å². The van der Waals surface area contributed by atoms with Crippen molar-refractivity contribution in [1.82, 2.24) is 4.57 Å². The molecule has 10 rings (SSSR count). The first-order chi connectivity index (χ1) is 24.3. The van der Waals surface area contributed by atoms with Gasteiger partial charge in [-0.3, -0.25) is 0 Å². The molecule has 3 heteroatoms. The van der Waals surface area contributed by atoms with E-state index in [2.05, 4.69) is 191 Å². The molecule has 0 spiro atoms. The van der Waals surface area contributed by atoms with Crippen LogP contribution in [0.4, 0.5) is 17.1 Å². The molecule has 0 saturated heterocycles. The molecule has 0 amide bonds. The maximum atomic E-state index is 6.57. The maximum absolute atomic E-state index is 6.57. The van der Waals surface area contributed by atoms with Gasteiger partial charge in [0.15, 0.2) is 0 Å². The molecule has 0 radical (unpaired) electrons. The highest BCUT2D eigenvalue weighted by Gasteiger charge is 2.22. The van der Waals surface area contributed by atoms with Gasteiger partial charge in [-0.25, -0.2) is 0 Å². The third-order valence-corrected chi connectivity index (χ3v) is 9.72. The van der Waals surface area contributed by atoms with E-state index in [1.54, 1.807) is 0 Å². The predicted octanol–water partition coefficient (Wildman–Crippen LogP) is 13.0. The van der Waals surface area contributed by atoms with E-state index in [1.165, 1.54) is 43.7 Å². The number of fused-ring (bicyclic) bond motifs is 7. The van der Waals surface area contributed by atoms with Crippen molar-refractivity contribution < 1.29 is 4.42 Å². The molecule has 2 heterocycles. The van der Waals surface area contributed by atoms with Gasteiger partial charge in [-0.2, -0.15) is 0 Å². The lowest BCUT2D eigenvalue weighted by Crippen LogP contribution is -2.10. The summed E-state index contributed by atoms with van der Waals surface area (Å²) in [6.45, 7) is 0. The summed E-state index contributed by atoms with van der Waals surface area (Å²) in [6, 6.07) is 65.0. The smallest absolute Gasteiger partial charge is 0.137 e. The van der Waals surface area contributed by atoms with E-state index in [-0.39, 0.29) is 0 Å². The van der Waals surface area contributed by atoms with Crippen molar-refractivity contribution in [1.29, 1.82) is 0 Å². The predicted molar refractivity (Wildman–Crippen MR) is 206 cm³/mol. The van der Waals surface area contributed by atoms with Crippen LogP contribution < -0.4 is 4.90 Å². The topological polar surface area (TPSA) is 21.3 Å². The Morgan fingerprint density at radius 2 is 1.08 bits per heavy atom. The minimum absolute atomic E-state index is 0.869. The molecule has 0 bridgehead atoms. The summed E-state index contributed by atoms with van der Waals surface area (Å²) in [4.78, 5) is 2.40. The summed E-state index contributed by atoms with van der Waals surface area (Å²) >= 11 is 0. The zero-order chi connectivity index (χ0) is 32.3. The summed E-state index contributed by atoms with van der Waals surface area (Å²) in [6.07, 6.45) is 0. The highest BCUT2D eigenvalue weighted by Crippen LogP contribution is 2.45. The molecule has 10 aromatic rings. The second-order valence-electron chi connectivity index (χ2n) is 12.6. The van der Waals surface area contributed by atoms with Gasteiger partial charge in [-0.1, -0.05) is 109 Å². The van der Waals surface area contributed by atoms with E-state index >= 15 is 0 Å². The van der Waals surface area contributed by atoms with Crippen molar-refractivity contribution in [3.63, 3.8) is 0 Å². The second kappa shape index (κ2) is 11.0. The number of rotatable bonds is 5. The Bertz CT molecular complexity index is 2830. The molecule has 0 aliphatic rings. The number of furan rings is 1. The van der Waals surface area contributed by atoms with Gasteiger partial charge >= 0.3 is 0 Å². The number of benzene rings is 8. The Kier molecular flexibility index (Phi) is 6.18. The zero-order valence-corrected chi connectivity index (χ0v) is 26.6. The fourth-order valence-corrected chi connectivity index (χ4v) is 7.52. The first kappa shape index (κ1) is 27.5. The summed E-state index contributed by atoms with van der Waals surface area (Å²) in [5, 5.41) is 7.00. The van der Waals surface area contributed by atoms with Crippen molar-refractivity contribution in [3.8, 4) is 16.8 Å². The summed E-state index contributed by atoms with van der Waals surface area (Å²) in [5.41, 5.74) is 10.9. The Morgan fingerprint density at radius 1 is 0.408 bits per heavy atom. The summed E-state index contributed by atoms with van der Waals surface area (Å²) in [5.74, 6) is 0. The Hall–Kier alpha value is -6.58. The van der Waals surface area contributed by atoms with Gasteiger partial charge < -0.3 is 13.9 Å². The molecule has 2 aromatic heterocycles. The average molecular weight is 627 g/mol. The molecule has 49 heavy (non-hydrogen) atoms. The Labute approximate surface area is 283 Å². The molecule has 0 unspecified atom stereocenters. The molecule has 0 aliphatic carbocycles. The van der Waals surface area contributed by atoms with Crippen LogP contribution in [0, 0.1) is 0 Å². The largest absolute Gasteiger partial charge is 0.456 e. The monoisotopic (exact) mass is 626 g/mol. The van der Waals surface area contributed by atoms with Gasteiger partial charge in [-0.15, -0.1) is 0 Å². The maximum Gasteiger partial charge on any atom is 0.137 e. The van der Waals surface area contributed by atoms with Crippen LogP contribution >= 0.6 is 0 Å². The van der Waals surface area contributed by atoms with Crippen LogP contribution in [-0.2, 0) is 0 Å². The van der Waals surface area contributed by atoms with Crippen molar-refractivity contribution in [2.45, 2.75) is 0 Å². The van der Waals surface area contributed by atoms with Crippen molar-refractivity contribution >= 4 is 71.6 Å². The molecule has 0 aliphatic heterocycles. The fourth-order valence-electron chi connectivity index (χ4n) is 7.52. The van der Waals surface area contributed by atoms with E-state index in [1.807, 2.05) is 0 Å². The molecule has 0 fully saturated rings. The lowest BCUT2D eigenvalue weighted by molar-refractivity contribution is 0.669. The van der Waals surface area contributed by atoms with Crippen molar-refractivity contribution in [2.75, 3.05) is 4.90 Å². The van der Waals surface area contributed by atoms with E-state index in [0.717, 1.165) is 44.7 Å². The molecule has 0 atom stereocenters. The molecule has 0 N–H and O–H groups in total. The number of nitrogens with zero attached hydrogens (tertiary/aromatic N) is 2. The van der Waals surface area contributed by atoms with E-state index < -0.39 is 0 Å². The molecule has 230 valence electrons. The molecule has 8 aromatic carbocycles. The average Bonchev–Trinajstić information content (AvgIpc) is 3.70. The van der Waals surface area contributed by atoms with Crippen LogP contribution in [0.1, 0.15) is 0 Å². The van der Waals surface area contributed by atoms with Crippen LogP contribution in [0.5, 0.6) is 0 Å². The fraction of sp³-hybridized carbons (Fsp3) is 0. The molecule has 3 nitrogen and oxygen atoms in total. The van der Waals surface area contributed by atoms with E-state index in [4.69, 9.17) is 4.42 Å². The second-order valence-corrected chi connectivity index (χ2v) is 12.6. The Morgan fingerprint density at radius 3 is 1.94 bits per heavy atom. The number of para-hydroxylation sites is 2. The minimum Gasteiger partial charge on any atom is -0.456 e. The number of anilines is 3. The minimum atomic E-state index is 0.869. The van der Waals surface area contributed by atoms with Crippen LogP contribution in [0.2, 0.25) is 0 Å². The zero-order valence-electron chi connectivity index (χ0n) is 26.6. The first-order valence-electron chi connectivity index (χ1n) is 16.7. The van der Waals surface area contributed by atoms with E-state index in [9.17, 15) is 0 Å². The first-order valence-corrected chi connectivity index (χ1v) is 16.7. The van der Waals surface area contributed by atoms with Crippen LogP contribution in [0.15, 0.2) is 186 Å². The van der Waals surface area contributed by atoms with E-state index in [0.29, 0.717) is 0 Å². The molecule has 0 saturated carbocycles. The van der Waals surface area contributed by atoms with Crippen molar-refractivity contribution in [2.24, 2.45) is 0 Å². The summed E-state index contributed by atoms with van der Waals surface area (Å²) in [7, 11) is 0. The quantitative estimate of drug-likeness (QED) is 0.190. The molecular weight excluding hydrogens is 597 g/mol. The normalized spacial score (nSPS) is 11.7. The van der Waals surface area contributed by atoms with Gasteiger partial charge in [0.1, 0.15) is 11.2 Å². The number of hydrogen-bond acceptors (Lipinski definition) is 2. The van der Waals surface area contributed by atoms with Crippen molar-refractivity contribution in [3.05, 3.63) is 182 Å². The standard InChI is InChI=1S/C46H30N2O/c1-3-13-31(14-4-1)32-17-11-20-36(27-32)47(43-23-12-24-44-46(43)40-28-33-15-7-8-16-34(33)29-45(40)49-44)37-25-26-42-39(30-37)38-21-9-10-22-41(38)48(42)35-18-5-2-6-19-35/h1-30H. The SMILES string of the molecule is c1ccc(-c2cccc(N(c3ccc4c(c3)c3ccccc3n4-c3ccccc3)c3cccc4oc5cc6ccccc6cc5c34)c2)cc1. The number of hydrogen-bond donors (Lipinski definition) is 0. The highest BCUT2D eigenvalue weighted by atomic mass is 16.3. The van der Waals surface area contributed by atoms with Crippen LogP contribution in [0.3, 0.4) is 0 Å². The third-order valence-electron chi connectivity index (χ3n) is 9.72. The Balaban J connectivity index is 1.26. The van der Waals surface area contributed by atoms with Crippen LogP contribution in [-0.4, -0.2) is 4.57 Å².